The molecule has 1 atom stereocenters. The Labute approximate surface area is 148 Å². The van der Waals surface area contributed by atoms with Gasteiger partial charge in [-0.25, -0.2) is 4.98 Å². The van der Waals surface area contributed by atoms with E-state index >= 15 is 0 Å². The Morgan fingerprint density at radius 1 is 1.36 bits per heavy atom. The van der Waals surface area contributed by atoms with Gasteiger partial charge in [-0.2, -0.15) is 0 Å². The van der Waals surface area contributed by atoms with Crippen LogP contribution in [0.2, 0.25) is 0 Å². The normalized spacial score (nSPS) is 21.2. The second-order valence-electron chi connectivity index (χ2n) is 5.64. The summed E-state index contributed by atoms with van der Waals surface area (Å²) in [5, 5.41) is 6.57. The lowest BCUT2D eigenvalue weighted by atomic mass is 10.1. The van der Waals surface area contributed by atoms with Crippen LogP contribution in [-0.4, -0.2) is 54.6 Å². The van der Waals surface area contributed by atoms with E-state index in [1.54, 1.807) is 11.3 Å². The van der Waals surface area contributed by atoms with Crippen LogP contribution < -0.4 is 10.2 Å². The topological polar surface area (TPSA) is 48.5 Å². The van der Waals surface area contributed by atoms with Crippen molar-refractivity contribution in [3.05, 3.63) is 11.1 Å². The summed E-state index contributed by atoms with van der Waals surface area (Å²) < 4.78 is 0. The van der Waals surface area contributed by atoms with Crippen LogP contribution in [0.15, 0.2) is 5.38 Å². The van der Waals surface area contributed by atoms with Crippen LogP contribution in [-0.2, 0) is 4.79 Å². The van der Waals surface area contributed by atoms with Crippen LogP contribution in [0.5, 0.6) is 0 Å². The van der Waals surface area contributed by atoms with Gasteiger partial charge in [0.15, 0.2) is 5.13 Å². The molecule has 0 aliphatic carbocycles. The quantitative estimate of drug-likeness (QED) is 0.889. The summed E-state index contributed by atoms with van der Waals surface area (Å²) in [5.74, 6) is 0.305. The molecule has 22 heavy (non-hydrogen) atoms. The number of carbonyl (C=O) groups is 1. The number of halogens is 2. The van der Waals surface area contributed by atoms with Crippen LogP contribution in [0, 0.1) is 6.92 Å². The lowest BCUT2D eigenvalue weighted by molar-refractivity contribution is -0.131. The van der Waals surface area contributed by atoms with Gasteiger partial charge in [0.05, 0.1) is 5.69 Å². The highest BCUT2D eigenvalue weighted by Crippen LogP contribution is 2.21. The summed E-state index contributed by atoms with van der Waals surface area (Å²) in [7, 11) is 0. The predicted octanol–water partition coefficient (Wildman–Crippen LogP) is 2.09. The number of anilines is 1. The van der Waals surface area contributed by atoms with Crippen molar-refractivity contribution < 1.29 is 4.79 Å². The smallest absolute Gasteiger partial charge is 0.224 e. The molecule has 0 spiro atoms. The first-order valence-electron chi connectivity index (χ1n) is 7.40. The van der Waals surface area contributed by atoms with Gasteiger partial charge in [0.2, 0.25) is 5.91 Å². The number of thiazole rings is 1. The molecule has 0 radical (unpaired) electrons. The minimum atomic E-state index is 0. The molecule has 2 aliphatic heterocycles. The summed E-state index contributed by atoms with van der Waals surface area (Å²) in [6.07, 6.45) is 3.01. The number of nitrogens with one attached hydrogen (secondary N) is 1. The Kier molecular flexibility index (Phi) is 7.89. The maximum absolute atomic E-state index is 12.3. The van der Waals surface area contributed by atoms with E-state index in [0.717, 1.165) is 50.0 Å². The van der Waals surface area contributed by atoms with E-state index in [9.17, 15) is 4.79 Å². The molecule has 2 saturated heterocycles. The zero-order valence-electron chi connectivity index (χ0n) is 12.8. The van der Waals surface area contributed by atoms with Crippen LogP contribution in [0.25, 0.3) is 0 Å². The van der Waals surface area contributed by atoms with Gasteiger partial charge in [-0.1, -0.05) is 0 Å². The fraction of sp³-hybridized carbons (Fsp3) is 0.714. The Morgan fingerprint density at radius 3 is 2.64 bits per heavy atom. The van der Waals surface area contributed by atoms with E-state index in [1.807, 2.05) is 11.8 Å². The average molecular weight is 367 g/mol. The van der Waals surface area contributed by atoms with Crippen molar-refractivity contribution in [3.63, 3.8) is 0 Å². The molecule has 1 aromatic heterocycles. The number of piperazine rings is 1. The van der Waals surface area contributed by atoms with E-state index in [2.05, 4.69) is 20.6 Å². The molecule has 0 bridgehead atoms. The zero-order chi connectivity index (χ0) is 13.9. The Balaban J connectivity index is 0.00000121. The Morgan fingerprint density at radius 2 is 2.09 bits per heavy atom. The summed E-state index contributed by atoms with van der Waals surface area (Å²) in [4.78, 5) is 21.1. The minimum Gasteiger partial charge on any atom is -0.345 e. The molecular weight excluding hydrogens is 343 g/mol. The number of hydrogen-bond donors (Lipinski definition) is 1. The Bertz CT molecular complexity index is 471. The number of carbonyl (C=O) groups excluding carboxylic acids is 1. The molecule has 8 heteroatoms. The van der Waals surface area contributed by atoms with Crippen molar-refractivity contribution in [2.45, 2.75) is 32.2 Å². The molecule has 1 unspecified atom stereocenters. The molecule has 3 rings (SSSR count). The number of rotatable bonds is 3. The molecule has 1 aromatic rings. The van der Waals surface area contributed by atoms with Crippen LogP contribution in [0.4, 0.5) is 5.13 Å². The van der Waals surface area contributed by atoms with Gasteiger partial charge in [-0.15, -0.1) is 36.2 Å². The van der Waals surface area contributed by atoms with Crippen molar-refractivity contribution in [2.75, 3.05) is 37.6 Å². The fourth-order valence-corrected chi connectivity index (χ4v) is 3.76. The standard InChI is InChI=1S/C14H22N4OS.2ClH/c1-11-10-20-14(16-11)18-7-5-17(6-8-18)13(19)9-12-3-2-4-15-12;;/h10,12,15H,2-9H2,1H3;2*1H. The average Bonchev–Trinajstić information content (AvgIpc) is 3.10. The monoisotopic (exact) mass is 366 g/mol. The molecule has 2 fully saturated rings. The van der Waals surface area contributed by atoms with Gasteiger partial charge >= 0.3 is 0 Å². The molecule has 2 aliphatic rings. The highest BCUT2D eigenvalue weighted by Gasteiger charge is 2.25. The van der Waals surface area contributed by atoms with Gasteiger partial charge in [0.1, 0.15) is 0 Å². The molecule has 0 saturated carbocycles. The van der Waals surface area contributed by atoms with Crippen molar-refractivity contribution in [1.29, 1.82) is 0 Å². The number of aromatic nitrogens is 1. The number of aryl methyl sites for hydroxylation is 1. The SMILES string of the molecule is Cc1csc(N2CCN(C(=O)CC3CCCN3)CC2)n1.Cl.Cl. The van der Waals surface area contributed by atoms with Crippen LogP contribution >= 0.6 is 36.2 Å². The van der Waals surface area contributed by atoms with E-state index in [-0.39, 0.29) is 24.8 Å². The predicted molar refractivity (Wildman–Crippen MR) is 95.8 cm³/mol. The van der Waals surface area contributed by atoms with Crippen molar-refractivity contribution in [1.82, 2.24) is 15.2 Å². The molecule has 3 heterocycles. The third kappa shape index (κ3) is 4.72. The Hall–Kier alpha value is -0.560. The molecule has 0 aromatic carbocycles. The van der Waals surface area contributed by atoms with Crippen LogP contribution in [0.1, 0.15) is 25.0 Å². The molecule has 1 amide bonds. The first-order valence-corrected chi connectivity index (χ1v) is 8.28. The van der Waals surface area contributed by atoms with Gasteiger partial charge in [-0.3, -0.25) is 4.79 Å². The second kappa shape index (κ2) is 8.91. The molecule has 1 N–H and O–H groups in total. The first-order chi connectivity index (χ1) is 9.72. The maximum atomic E-state index is 12.3. The summed E-state index contributed by atoms with van der Waals surface area (Å²) in [5.41, 5.74) is 1.08. The molecular formula is C14H24Cl2N4OS. The summed E-state index contributed by atoms with van der Waals surface area (Å²) >= 11 is 1.69. The van der Waals surface area contributed by atoms with Gasteiger partial charge in [0.25, 0.3) is 0 Å². The number of hydrogen-bond acceptors (Lipinski definition) is 5. The number of amides is 1. The van der Waals surface area contributed by atoms with Gasteiger partial charge < -0.3 is 15.1 Å². The highest BCUT2D eigenvalue weighted by molar-refractivity contribution is 7.13. The van der Waals surface area contributed by atoms with Crippen molar-refractivity contribution in [3.8, 4) is 0 Å². The molecule has 5 nitrogen and oxygen atoms in total. The summed E-state index contributed by atoms with van der Waals surface area (Å²) in [6.45, 7) is 6.53. The summed E-state index contributed by atoms with van der Waals surface area (Å²) in [6, 6.07) is 0.405. The van der Waals surface area contributed by atoms with Crippen molar-refractivity contribution >= 4 is 47.2 Å². The maximum Gasteiger partial charge on any atom is 0.224 e. The van der Waals surface area contributed by atoms with Gasteiger partial charge in [-0.05, 0) is 26.3 Å². The lowest BCUT2D eigenvalue weighted by Crippen LogP contribution is -2.49. The number of nitrogens with zero attached hydrogens (tertiary/aromatic N) is 3. The van der Waals surface area contributed by atoms with Gasteiger partial charge in [0, 0.05) is 44.0 Å². The second-order valence-corrected chi connectivity index (χ2v) is 6.47. The fourth-order valence-electron chi connectivity index (χ4n) is 2.90. The third-order valence-corrected chi connectivity index (χ3v) is 5.11. The first kappa shape index (κ1) is 19.5. The minimum absolute atomic E-state index is 0. The largest absolute Gasteiger partial charge is 0.345 e. The third-order valence-electron chi connectivity index (χ3n) is 4.09. The lowest BCUT2D eigenvalue weighted by Gasteiger charge is -2.35. The molecule has 126 valence electrons. The van der Waals surface area contributed by atoms with E-state index in [1.165, 1.54) is 6.42 Å². The van der Waals surface area contributed by atoms with E-state index < -0.39 is 0 Å². The van der Waals surface area contributed by atoms with Crippen molar-refractivity contribution in [2.24, 2.45) is 0 Å². The van der Waals surface area contributed by atoms with E-state index in [0.29, 0.717) is 18.4 Å². The van der Waals surface area contributed by atoms with E-state index in [4.69, 9.17) is 0 Å². The highest BCUT2D eigenvalue weighted by atomic mass is 35.5. The van der Waals surface area contributed by atoms with Crippen LogP contribution in [0.3, 0.4) is 0 Å². The zero-order valence-corrected chi connectivity index (χ0v) is 15.2.